The first-order valence-electron chi connectivity index (χ1n) is 3.30. The van der Waals surface area contributed by atoms with Gasteiger partial charge in [0.2, 0.25) is 0 Å². The number of aliphatic hydroxyl groups excluding tert-OH is 1. The van der Waals surface area contributed by atoms with Crippen LogP contribution in [0.3, 0.4) is 0 Å². The van der Waals surface area contributed by atoms with Crippen molar-refractivity contribution in [1.82, 2.24) is 4.90 Å². The predicted octanol–water partition coefficient (Wildman–Crippen LogP) is -0.515. The van der Waals surface area contributed by atoms with Crippen LogP contribution in [-0.2, 0) is 4.79 Å². The molecule has 0 atom stereocenters. The molecule has 4 heteroatoms. The Morgan fingerprint density at radius 3 is 2.50 bits per heavy atom. The summed E-state index contributed by atoms with van der Waals surface area (Å²) >= 11 is 0. The van der Waals surface area contributed by atoms with Gasteiger partial charge in [-0.15, -0.1) is 0 Å². The molecule has 0 saturated heterocycles. The van der Waals surface area contributed by atoms with Crippen molar-refractivity contribution in [3.8, 4) is 0 Å². The lowest BCUT2D eigenvalue weighted by Crippen LogP contribution is -2.32. The Labute approximate surface area is 59.1 Å². The van der Waals surface area contributed by atoms with E-state index < -0.39 is 5.97 Å². The molecule has 2 N–H and O–H groups in total. The topological polar surface area (TPSA) is 60.8 Å². The second-order valence-corrected chi connectivity index (χ2v) is 2.51. The van der Waals surface area contributed by atoms with Crippen LogP contribution in [0.4, 0.5) is 0 Å². The zero-order valence-electron chi connectivity index (χ0n) is 5.66. The van der Waals surface area contributed by atoms with Crippen molar-refractivity contribution < 1.29 is 15.0 Å². The molecule has 10 heavy (non-hydrogen) atoms. The van der Waals surface area contributed by atoms with E-state index in [4.69, 9.17) is 10.2 Å². The third-order valence-corrected chi connectivity index (χ3v) is 1.58. The Hall–Kier alpha value is -0.610. The van der Waals surface area contributed by atoms with Gasteiger partial charge >= 0.3 is 5.97 Å². The van der Waals surface area contributed by atoms with Gasteiger partial charge in [-0.2, -0.15) is 0 Å². The minimum absolute atomic E-state index is 0.0405. The fourth-order valence-electron chi connectivity index (χ4n) is 0.908. The zero-order chi connectivity index (χ0) is 7.56. The molecule has 0 radical (unpaired) electrons. The highest BCUT2D eigenvalue weighted by Crippen LogP contribution is 2.25. The molecular weight excluding hydrogens is 134 g/mol. The van der Waals surface area contributed by atoms with Gasteiger partial charge in [0.15, 0.2) is 0 Å². The van der Waals surface area contributed by atoms with E-state index in [2.05, 4.69) is 0 Å². The van der Waals surface area contributed by atoms with Crippen LogP contribution in [0.25, 0.3) is 0 Å². The minimum Gasteiger partial charge on any atom is -0.480 e. The van der Waals surface area contributed by atoms with Crippen LogP contribution < -0.4 is 0 Å². The third-order valence-electron chi connectivity index (χ3n) is 1.58. The maximum absolute atomic E-state index is 10.1. The largest absolute Gasteiger partial charge is 0.480 e. The molecule has 4 nitrogen and oxygen atoms in total. The first-order chi connectivity index (χ1) is 4.74. The van der Waals surface area contributed by atoms with Gasteiger partial charge in [-0.05, 0) is 12.8 Å². The van der Waals surface area contributed by atoms with E-state index in [0.29, 0.717) is 6.04 Å². The van der Waals surface area contributed by atoms with Crippen LogP contribution in [0, 0.1) is 0 Å². The van der Waals surface area contributed by atoms with Gasteiger partial charge < -0.3 is 10.2 Å². The highest BCUT2D eigenvalue weighted by atomic mass is 16.4. The summed E-state index contributed by atoms with van der Waals surface area (Å²) in [6, 6.07) is 0.320. The Kier molecular flexibility index (Phi) is 2.24. The fourth-order valence-corrected chi connectivity index (χ4v) is 0.908. The predicted molar refractivity (Wildman–Crippen MR) is 34.4 cm³/mol. The van der Waals surface area contributed by atoms with E-state index in [9.17, 15) is 4.79 Å². The molecule has 1 aliphatic carbocycles. The second-order valence-electron chi connectivity index (χ2n) is 2.51. The van der Waals surface area contributed by atoms with Gasteiger partial charge in [0.1, 0.15) is 0 Å². The first-order valence-corrected chi connectivity index (χ1v) is 3.30. The Morgan fingerprint density at radius 2 is 2.20 bits per heavy atom. The second kappa shape index (κ2) is 2.98. The van der Waals surface area contributed by atoms with Crippen LogP contribution >= 0.6 is 0 Å². The Morgan fingerprint density at radius 1 is 1.60 bits per heavy atom. The van der Waals surface area contributed by atoms with E-state index in [1.165, 1.54) is 0 Å². The van der Waals surface area contributed by atoms with E-state index in [0.717, 1.165) is 12.8 Å². The molecule has 0 aromatic carbocycles. The van der Waals surface area contributed by atoms with Crippen LogP contribution in [0.2, 0.25) is 0 Å². The minimum atomic E-state index is -0.874. The van der Waals surface area contributed by atoms with E-state index in [1.54, 1.807) is 4.90 Å². The molecule has 0 aromatic heterocycles. The van der Waals surface area contributed by atoms with Crippen molar-refractivity contribution >= 4 is 5.97 Å². The van der Waals surface area contributed by atoms with Gasteiger partial charge in [0, 0.05) is 6.04 Å². The molecule has 1 fully saturated rings. The van der Waals surface area contributed by atoms with Crippen LogP contribution in [0.15, 0.2) is 0 Å². The molecule has 58 valence electrons. The summed E-state index contributed by atoms with van der Waals surface area (Å²) in [5.74, 6) is -0.874. The molecule has 0 aromatic rings. The summed E-state index contributed by atoms with van der Waals surface area (Å²) in [7, 11) is 0. The van der Waals surface area contributed by atoms with Crippen molar-refractivity contribution in [2.24, 2.45) is 0 Å². The summed E-state index contributed by atoms with van der Waals surface area (Å²) < 4.78 is 0. The number of rotatable bonds is 4. The third kappa shape index (κ3) is 1.97. The highest BCUT2D eigenvalue weighted by molar-refractivity contribution is 5.69. The normalized spacial score (nSPS) is 17.8. The molecule has 0 heterocycles. The number of carbonyl (C=O) groups is 1. The molecule has 0 unspecified atom stereocenters. The molecule has 1 saturated carbocycles. The van der Waals surface area contributed by atoms with Gasteiger partial charge in [-0.3, -0.25) is 9.69 Å². The molecule has 0 spiro atoms. The van der Waals surface area contributed by atoms with Crippen LogP contribution in [-0.4, -0.2) is 40.4 Å². The van der Waals surface area contributed by atoms with Crippen LogP contribution in [0.1, 0.15) is 12.8 Å². The molecule has 1 aliphatic rings. The Balaban J connectivity index is 2.25. The van der Waals surface area contributed by atoms with Gasteiger partial charge in [-0.25, -0.2) is 0 Å². The number of carboxylic acids is 1. The quantitative estimate of drug-likeness (QED) is 0.523. The summed E-state index contributed by atoms with van der Waals surface area (Å²) in [6.07, 6.45) is 2.04. The zero-order valence-corrected chi connectivity index (χ0v) is 5.66. The van der Waals surface area contributed by atoms with E-state index in [-0.39, 0.29) is 13.3 Å². The number of aliphatic hydroxyl groups is 1. The number of nitrogens with zero attached hydrogens (tertiary/aromatic N) is 1. The van der Waals surface area contributed by atoms with E-state index >= 15 is 0 Å². The number of carboxylic acid groups (broad SMARTS) is 1. The molecule has 1 rings (SSSR count). The fraction of sp³-hybridized carbons (Fsp3) is 0.833. The van der Waals surface area contributed by atoms with Crippen molar-refractivity contribution in [2.45, 2.75) is 18.9 Å². The summed E-state index contributed by atoms with van der Waals surface area (Å²) in [5, 5.41) is 17.0. The van der Waals surface area contributed by atoms with Gasteiger partial charge in [0.05, 0.1) is 13.3 Å². The maximum Gasteiger partial charge on any atom is 0.317 e. The number of hydrogen-bond acceptors (Lipinski definition) is 3. The smallest absolute Gasteiger partial charge is 0.317 e. The number of aliphatic carboxylic acids is 1. The van der Waals surface area contributed by atoms with Crippen LogP contribution in [0.5, 0.6) is 0 Å². The van der Waals surface area contributed by atoms with Crippen molar-refractivity contribution in [3.05, 3.63) is 0 Å². The van der Waals surface area contributed by atoms with Crippen molar-refractivity contribution in [2.75, 3.05) is 13.3 Å². The lowest BCUT2D eigenvalue weighted by atomic mass is 10.5. The average molecular weight is 145 g/mol. The average Bonchev–Trinajstić information content (AvgIpc) is 2.63. The van der Waals surface area contributed by atoms with Gasteiger partial charge in [-0.1, -0.05) is 0 Å². The molecule has 0 amide bonds. The summed E-state index contributed by atoms with van der Waals surface area (Å²) in [4.78, 5) is 11.7. The molecule has 0 bridgehead atoms. The number of hydrogen-bond donors (Lipinski definition) is 2. The standard InChI is InChI=1S/C6H11NO3/c8-4-7(3-6(9)10)5-1-2-5/h5,8H,1-4H2,(H,9,10). The lowest BCUT2D eigenvalue weighted by Gasteiger charge is -2.14. The summed E-state index contributed by atoms with van der Waals surface area (Å²) in [5.41, 5.74) is 0. The monoisotopic (exact) mass is 145 g/mol. The first kappa shape index (κ1) is 7.50. The maximum atomic E-state index is 10.1. The molecule has 0 aliphatic heterocycles. The Bertz CT molecular complexity index is 133. The highest BCUT2D eigenvalue weighted by Gasteiger charge is 2.29. The molecular formula is C6H11NO3. The van der Waals surface area contributed by atoms with Gasteiger partial charge in [0.25, 0.3) is 0 Å². The van der Waals surface area contributed by atoms with Crippen molar-refractivity contribution in [1.29, 1.82) is 0 Å². The lowest BCUT2D eigenvalue weighted by molar-refractivity contribution is -0.139. The SMILES string of the molecule is O=C(O)CN(CO)C1CC1. The van der Waals surface area contributed by atoms with Crippen molar-refractivity contribution in [3.63, 3.8) is 0 Å². The van der Waals surface area contributed by atoms with E-state index in [1.807, 2.05) is 0 Å². The summed E-state index contributed by atoms with van der Waals surface area (Å²) in [6.45, 7) is -0.182.